The molecule has 1 saturated heterocycles. The third-order valence-corrected chi connectivity index (χ3v) is 11.5. The topological polar surface area (TPSA) is 155 Å². The molecule has 1 amide bonds. The van der Waals surface area contributed by atoms with Crippen LogP contribution in [-0.4, -0.2) is 74.3 Å². The van der Waals surface area contributed by atoms with E-state index >= 15 is 0 Å². The van der Waals surface area contributed by atoms with Gasteiger partial charge in [0.05, 0.1) is 22.6 Å². The van der Waals surface area contributed by atoms with Gasteiger partial charge >= 0.3 is 0 Å². The lowest BCUT2D eigenvalue weighted by Crippen LogP contribution is -2.35. The van der Waals surface area contributed by atoms with Crippen LogP contribution in [0.25, 0.3) is 22.6 Å². The number of nitrogen functional groups attached to an aromatic ring is 1. The molecule has 0 saturated carbocycles. The second-order valence-electron chi connectivity index (χ2n) is 12.9. The van der Waals surface area contributed by atoms with E-state index in [4.69, 9.17) is 25.3 Å². The Morgan fingerprint density at radius 3 is 2.82 bits per heavy atom. The number of aromatic nitrogens is 5. The van der Waals surface area contributed by atoms with Gasteiger partial charge in [0.2, 0.25) is 5.91 Å². The lowest BCUT2D eigenvalue weighted by molar-refractivity contribution is -0.490. The summed E-state index contributed by atoms with van der Waals surface area (Å²) in [5, 5.41) is 24.1. The number of carbonyl (C=O) groups is 1. The summed E-state index contributed by atoms with van der Waals surface area (Å²) >= 11 is 1.54. The highest BCUT2D eigenvalue weighted by molar-refractivity contribution is 7.16. The van der Waals surface area contributed by atoms with E-state index in [1.807, 2.05) is 10.9 Å². The average Bonchev–Trinajstić information content (AvgIpc) is 3.81. The first-order valence-electron chi connectivity index (χ1n) is 16.0. The summed E-state index contributed by atoms with van der Waals surface area (Å²) in [5.41, 5.74) is 11.3. The number of aryl methyl sites for hydroxylation is 1. The maximum absolute atomic E-state index is 12.2. The van der Waals surface area contributed by atoms with Crippen LogP contribution in [0.15, 0.2) is 10.7 Å². The zero-order valence-corrected chi connectivity index (χ0v) is 26.5. The first-order chi connectivity index (χ1) is 21.9. The van der Waals surface area contributed by atoms with Crippen molar-refractivity contribution in [2.75, 3.05) is 43.9 Å². The van der Waals surface area contributed by atoms with Gasteiger partial charge in [-0.1, -0.05) is 5.16 Å². The van der Waals surface area contributed by atoms with E-state index in [-0.39, 0.29) is 11.9 Å². The van der Waals surface area contributed by atoms with Crippen molar-refractivity contribution >= 4 is 44.8 Å². The molecule has 45 heavy (non-hydrogen) atoms. The van der Waals surface area contributed by atoms with E-state index in [0.29, 0.717) is 48.1 Å². The lowest BCUT2D eigenvalue weighted by atomic mass is 9.63. The molecule has 8 rings (SSSR count). The highest BCUT2D eigenvalue weighted by atomic mass is 32.1. The third kappa shape index (κ3) is 4.29. The Balaban J connectivity index is 1.30. The summed E-state index contributed by atoms with van der Waals surface area (Å²) < 4.78 is 10.6. The van der Waals surface area contributed by atoms with E-state index in [0.717, 1.165) is 91.6 Å². The van der Waals surface area contributed by atoms with Crippen molar-refractivity contribution in [2.24, 2.45) is 0 Å². The molecule has 3 N–H and O–H groups in total. The van der Waals surface area contributed by atoms with Gasteiger partial charge in [-0.2, -0.15) is 10.4 Å². The van der Waals surface area contributed by atoms with E-state index < -0.39 is 5.41 Å². The summed E-state index contributed by atoms with van der Waals surface area (Å²) in [6.07, 6.45) is 9.87. The van der Waals surface area contributed by atoms with Gasteiger partial charge in [-0.15, -0.1) is 11.3 Å². The molecule has 0 aromatic carbocycles. The van der Waals surface area contributed by atoms with E-state index in [2.05, 4.69) is 40.0 Å². The molecule has 4 aromatic rings. The van der Waals surface area contributed by atoms with Gasteiger partial charge < -0.3 is 20.5 Å². The van der Waals surface area contributed by atoms with Gasteiger partial charge in [0.25, 0.3) is 0 Å². The maximum Gasteiger partial charge on any atom is 0.221 e. The van der Waals surface area contributed by atoms with Crippen LogP contribution in [0.1, 0.15) is 85.2 Å². The average molecular weight is 626 g/mol. The quantitative estimate of drug-likeness (QED) is 0.323. The fourth-order valence-electron chi connectivity index (χ4n) is 8.24. The van der Waals surface area contributed by atoms with E-state index in [1.54, 1.807) is 11.3 Å². The van der Waals surface area contributed by atoms with Crippen LogP contribution < -0.4 is 16.0 Å². The monoisotopic (exact) mass is 625 g/mol. The van der Waals surface area contributed by atoms with Crippen molar-refractivity contribution in [3.8, 4) is 17.6 Å². The van der Waals surface area contributed by atoms with Crippen LogP contribution in [0.5, 0.6) is 0 Å². The molecule has 1 spiro atoms. The highest BCUT2D eigenvalue weighted by Crippen LogP contribution is 2.55. The molecule has 1 fully saturated rings. The number of hydrogen-bond donors (Lipinski definition) is 2. The van der Waals surface area contributed by atoms with Crippen LogP contribution in [-0.2, 0) is 23.1 Å². The molecule has 0 bridgehead atoms. The fourth-order valence-corrected chi connectivity index (χ4v) is 9.40. The minimum absolute atomic E-state index is 0.0292. The molecule has 13 heteroatoms. The molecule has 4 aromatic heterocycles. The van der Waals surface area contributed by atoms with Crippen molar-refractivity contribution in [3.63, 3.8) is 0 Å². The molecule has 0 unspecified atom stereocenters. The third-order valence-electron chi connectivity index (χ3n) is 10.4. The number of thiophene rings is 1. The largest absolute Gasteiger partial charge is 0.389 e. The van der Waals surface area contributed by atoms with Crippen LogP contribution in [0.2, 0.25) is 0 Å². The zero-order chi connectivity index (χ0) is 30.9. The van der Waals surface area contributed by atoms with Crippen molar-refractivity contribution in [2.45, 2.75) is 76.2 Å². The van der Waals surface area contributed by atoms with Crippen LogP contribution in [0.4, 0.5) is 10.8 Å². The number of anilines is 2. The molecule has 2 aliphatic carbocycles. The second-order valence-corrected chi connectivity index (χ2v) is 14.0. The van der Waals surface area contributed by atoms with Gasteiger partial charge in [-0.25, -0.2) is 19.2 Å². The molecule has 0 radical (unpaired) electrons. The number of amides is 1. The van der Waals surface area contributed by atoms with E-state index in [1.165, 1.54) is 10.6 Å². The Hall–Kier alpha value is -4.31. The highest BCUT2D eigenvalue weighted by Gasteiger charge is 2.49. The Kier molecular flexibility index (Phi) is 6.67. The van der Waals surface area contributed by atoms with Gasteiger partial charge in [0, 0.05) is 49.3 Å². The number of nitrogens with two attached hydrogens (primary N) is 1. The second kappa shape index (κ2) is 10.7. The normalized spacial score (nSPS) is 22.3. The zero-order valence-electron chi connectivity index (χ0n) is 25.7. The molecule has 4 aliphatic rings. The first kappa shape index (κ1) is 28.2. The summed E-state index contributed by atoms with van der Waals surface area (Å²) in [6, 6.07) is 2.43. The SMILES string of the molecule is C[C@@H](C1=[N+](C)CCC1)n1ncc2c(N3CCNC(=O)CC3)nc(-c3noc4c3CCC[C@@]43CCCc4sc(N)c(C#N)c43)nc21. The Labute approximate surface area is 264 Å². The number of nitrogens with zero attached hydrogens (tertiary/aromatic N) is 8. The van der Waals surface area contributed by atoms with Crippen molar-refractivity contribution in [1.29, 1.82) is 5.26 Å². The van der Waals surface area contributed by atoms with Gasteiger partial charge in [-0.05, 0) is 51.0 Å². The minimum Gasteiger partial charge on any atom is -0.389 e. The molecule has 2 atom stereocenters. The molecular weight excluding hydrogens is 588 g/mol. The Bertz CT molecular complexity index is 1930. The molecular formula is C32H37N10O2S+. The molecule has 12 nitrogen and oxygen atoms in total. The fraction of sp³-hybridized carbons (Fsp3) is 0.531. The molecule has 6 heterocycles. The van der Waals surface area contributed by atoms with Gasteiger partial charge in [-0.3, -0.25) is 4.79 Å². The Morgan fingerprint density at radius 1 is 1.18 bits per heavy atom. The summed E-state index contributed by atoms with van der Waals surface area (Å²) in [7, 11) is 2.14. The van der Waals surface area contributed by atoms with Gasteiger partial charge in [0.1, 0.15) is 36.5 Å². The maximum atomic E-state index is 12.2. The van der Waals surface area contributed by atoms with Crippen molar-refractivity contribution in [1.82, 2.24) is 30.2 Å². The minimum atomic E-state index is -0.421. The Morgan fingerprint density at radius 2 is 2.02 bits per heavy atom. The summed E-state index contributed by atoms with van der Waals surface area (Å²) in [4.78, 5) is 25.9. The molecule has 2 aliphatic heterocycles. The standard InChI is InChI=1S/C32H36N10O2S/c1-18(22-7-5-13-40(22)2)42-31-21(17-36-42)30(41-14-9-24(43)35-12-15-41)37-29(38-31)26-19-6-3-10-32(27(19)44-39-26)11-4-8-23-25(32)20(16-33)28(34)45-23/h17-18H,3-15,34H2,1-2H3/p+1/t18-,32-/m0/s1. The van der Waals surface area contributed by atoms with Crippen molar-refractivity contribution < 1.29 is 13.9 Å². The molecule has 232 valence electrons. The number of hydrogen-bond acceptors (Lipinski definition) is 10. The summed E-state index contributed by atoms with van der Waals surface area (Å²) in [5.74, 6) is 2.14. The summed E-state index contributed by atoms with van der Waals surface area (Å²) in [6.45, 7) is 4.95. The van der Waals surface area contributed by atoms with Crippen LogP contribution in [0.3, 0.4) is 0 Å². The number of nitrogens with one attached hydrogen (secondary N) is 1. The predicted octanol–water partition coefficient (Wildman–Crippen LogP) is 3.72. The predicted molar refractivity (Wildman–Crippen MR) is 171 cm³/mol. The first-order valence-corrected chi connectivity index (χ1v) is 16.9. The number of rotatable bonds is 4. The number of carbonyl (C=O) groups excluding carboxylic acids is 1. The van der Waals surface area contributed by atoms with E-state index in [9.17, 15) is 10.1 Å². The number of nitriles is 1. The van der Waals surface area contributed by atoms with Crippen LogP contribution in [0, 0.1) is 11.3 Å². The van der Waals surface area contributed by atoms with Crippen molar-refractivity contribution in [3.05, 3.63) is 33.5 Å². The van der Waals surface area contributed by atoms with Gasteiger partial charge in [0.15, 0.2) is 28.6 Å². The van der Waals surface area contributed by atoms with Crippen LogP contribution >= 0.6 is 11.3 Å². The smallest absolute Gasteiger partial charge is 0.221 e. The number of fused-ring (bicyclic) bond motifs is 5. The lowest BCUT2D eigenvalue weighted by Gasteiger charge is -2.39.